The molecule has 0 aliphatic heterocycles. The molecule has 2 aromatic carbocycles. The van der Waals surface area contributed by atoms with Gasteiger partial charge in [0.2, 0.25) is 17.6 Å². The molecule has 3 aromatic rings. The van der Waals surface area contributed by atoms with Crippen LogP contribution in [0.4, 0.5) is 10.1 Å². The van der Waals surface area contributed by atoms with Crippen molar-refractivity contribution in [3.8, 4) is 17.1 Å². The van der Waals surface area contributed by atoms with Crippen LogP contribution in [0.3, 0.4) is 0 Å². The Morgan fingerprint density at radius 3 is 2.58 bits per heavy atom. The van der Waals surface area contributed by atoms with Crippen LogP contribution in [0.15, 0.2) is 53.1 Å². The zero-order chi connectivity index (χ0) is 18.5. The molecular weight excluding hydrogens is 337 g/mol. The van der Waals surface area contributed by atoms with E-state index in [2.05, 4.69) is 10.1 Å². The highest BCUT2D eigenvalue weighted by atomic mass is 19.1. The molecule has 0 aliphatic rings. The fourth-order valence-electron chi connectivity index (χ4n) is 2.56. The lowest BCUT2D eigenvalue weighted by Crippen LogP contribution is -2.32. The number of para-hydroxylation sites is 1. The van der Waals surface area contributed by atoms with Gasteiger partial charge in [0.15, 0.2) is 0 Å². The Kier molecular flexibility index (Phi) is 5.26. The number of rotatable bonds is 6. The summed E-state index contributed by atoms with van der Waals surface area (Å²) >= 11 is 0. The third-order valence-electron chi connectivity index (χ3n) is 3.88. The second-order valence-corrected chi connectivity index (χ2v) is 5.51. The summed E-state index contributed by atoms with van der Waals surface area (Å²) in [4.78, 5) is 18.1. The molecule has 0 bridgehead atoms. The van der Waals surface area contributed by atoms with Gasteiger partial charge < -0.3 is 14.2 Å². The number of carbonyl (C=O) groups excluding carboxylic acids is 1. The summed E-state index contributed by atoms with van der Waals surface area (Å²) in [5.74, 6) is 0.505. The third kappa shape index (κ3) is 3.72. The predicted molar refractivity (Wildman–Crippen MR) is 94.4 cm³/mol. The molecule has 0 atom stereocenters. The van der Waals surface area contributed by atoms with E-state index in [1.165, 1.54) is 11.0 Å². The van der Waals surface area contributed by atoms with Gasteiger partial charge in [-0.2, -0.15) is 4.98 Å². The molecule has 0 fully saturated rings. The molecule has 0 unspecified atom stereocenters. The van der Waals surface area contributed by atoms with Crippen molar-refractivity contribution in [1.29, 1.82) is 0 Å². The van der Waals surface area contributed by atoms with Crippen molar-refractivity contribution in [2.24, 2.45) is 0 Å². The lowest BCUT2D eigenvalue weighted by Gasteiger charge is -2.20. The average molecular weight is 355 g/mol. The van der Waals surface area contributed by atoms with E-state index in [9.17, 15) is 9.18 Å². The maximum absolute atomic E-state index is 14.0. The fourth-order valence-corrected chi connectivity index (χ4v) is 2.56. The first kappa shape index (κ1) is 17.6. The van der Waals surface area contributed by atoms with E-state index in [1.807, 2.05) is 0 Å². The van der Waals surface area contributed by atoms with Crippen LogP contribution in [0.2, 0.25) is 0 Å². The Balaban J connectivity index is 1.75. The fraction of sp³-hybridized carbons (Fsp3) is 0.211. The van der Waals surface area contributed by atoms with Gasteiger partial charge in [0, 0.05) is 12.1 Å². The molecule has 0 N–H and O–H groups in total. The van der Waals surface area contributed by atoms with E-state index < -0.39 is 5.82 Å². The van der Waals surface area contributed by atoms with Gasteiger partial charge in [0.05, 0.1) is 12.8 Å². The number of nitrogens with zero attached hydrogens (tertiary/aromatic N) is 3. The second-order valence-electron chi connectivity index (χ2n) is 5.51. The minimum atomic E-state index is -0.452. The molecule has 0 spiro atoms. The Labute approximate surface area is 150 Å². The second kappa shape index (κ2) is 7.77. The number of aromatic nitrogens is 2. The Morgan fingerprint density at radius 2 is 1.92 bits per heavy atom. The summed E-state index contributed by atoms with van der Waals surface area (Å²) in [6.45, 7) is 2.11. The van der Waals surface area contributed by atoms with Crippen molar-refractivity contribution in [3.05, 3.63) is 60.2 Å². The molecule has 6 nitrogen and oxygen atoms in total. The van der Waals surface area contributed by atoms with Gasteiger partial charge in [-0.05, 0) is 43.3 Å². The lowest BCUT2D eigenvalue weighted by atomic mass is 10.2. The van der Waals surface area contributed by atoms with Crippen molar-refractivity contribution in [2.75, 3.05) is 18.6 Å². The number of amides is 1. The van der Waals surface area contributed by atoms with E-state index in [1.54, 1.807) is 56.5 Å². The van der Waals surface area contributed by atoms with Gasteiger partial charge >= 0.3 is 0 Å². The standard InChI is InChI=1S/C19H18FN3O3/c1-3-23(16-7-5-4-6-15(16)20)18(24)12-17-21-19(22-26-17)13-8-10-14(25-2)11-9-13/h4-11H,3,12H2,1-2H3. The maximum Gasteiger partial charge on any atom is 0.236 e. The quantitative estimate of drug-likeness (QED) is 0.677. The van der Waals surface area contributed by atoms with Gasteiger partial charge in [0.25, 0.3) is 0 Å². The van der Waals surface area contributed by atoms with Crippen LogP contribution in [0.1, 0.15) is 12.8 Å². The first-order valence-corrected chi connectivity index (χ1v) is 8.14. The van der Waals surface area contributed by atoms with E-state index in [4.69, 9.17) is 9.26 Å². The van der Waals surface area contributed by atoms with Gasteiger partial charge in [-0.25, -0.2) is 4.39 Å². The SMILES string of the molecule is CCN(C(=O)Cc1nc(-c2ccc(OC)cc2)no1)c1ccccc1F. The molecule has 1 heterocycles. The number of anilines is 1. The Morgan fingerprint density at radius 1 is 1.19 bits per heavy atom. The average Bonchev–Trinajstić information content (AvgIpc) is 3.12. The summed E-state index contributed by atoms with van der Waals surface area (Å²) < 4.78 is 24.2. The van der Waals surface area contributed by atoms with Crippen molar-refractivity contribution in [2.45, 2.75) is 13.3 Å². The van der Waals surface area contributed by atoms with E-state index in [-0.39, 0.29) is 23.9 Å². The molecule has 3 rings (SSSR count). The molecule has 0 aliphatic carbocycles. The summed E-state index contributed by atoms with van der Waals surface area (Å²) in [6, 6.07) is 13.3. The molecule has 0 radical (unpaired) electrons. The normalized spacial score (nSPS) is 10.6. The third-order valence-corrected chi connectivity index (χ3v) is 3.88. The first-order valence-electron chi connectivity index (χ1n) is 8.14. The molecule has 0 saturated heterocycles. The molecule has 26 heavy (non-hydrogen) atoms. The van der Waals surface area contributed by atoms with Crippen LogP contribution in [0.25, 0.3) is 11.4 Å². The van der Waals surface area contributed by atoms with Crippen molar-refractivity contribution >= 4 is 11.6 Å². The highest BCUT2D eigenvalue weighted by Gasteiger charge is 2.20. The minimum absolute atomic E-state index is 0.106. The number of likely N-dealkylation sites (N-methyl/N-ethyl adjacent to an activating group) is 1. The van der Waals surface area contributed by atoms with Crippen LogP contribution >= 0.6 is 0 Å². The highest BCUT2D eigenvalue weighted by Crippen LogP contribution is 2.22. The summed E-state index contributed by atoms with van der Waals surface area (Å²) in [5.41, 5.74) is 0.976. The topological polar surface area (TPSA) is 68.5 Å². The van der Waals surface area contributed by atoms with Gasteiger partial charge in [0.1, 0.15) is 18.0 Å². The van der Waals surface area contributed by atoms with Crippen LogP contribution < -0.4 is 9.64 Å². The monoisotopic (exact) mass is 355 g/mol. The molecule has 1 amide bonds. The number of hydrogen-bond acceptors (Lipinski definition) is 5. The molecule has 134 valence electrons. The zero-order valence-electron chi connectivity index (χ0n) is 14.5. The van der Waals surface area contributed by atoms with E-state index >= 15 is 0 Å². The van der Waals surface area contributed by atoms with Crippen molar-refractivity contribution in [1.82, 2.24) is 10.1 Å². The van der Waals surface area contributed by atoms with E-state index in [0.29, 0.717) is 12.4 Å². The largest absolute Gasteiger partial charge is 0.497 e. The smallest absolute Gasteiger partial charge is 0.236 e. The number of hydrogen-bond donors (Lipinski definition) is 0. The lowest BCUT2D eigenvalue weighted by molar-refractivity contribution is -0.118. The Hall–Kier alpha value is -3.22. The van der Waals surface area contributed by atoms with Crippen LogP contribution in [-0.4, -0.2) is 29.7 Å². The number of halogens is 1. The van der Waals surface area contributed by atoms with Crippen molar-refractivity contribution in [3.63, 3.8) is 0 Å². The molecule has 0 saturated carbocycles. The van der Waals surface area contributed by atoms with Gasteiger partial charge in [-0.1, -0.05) is 17.3 Å². The molecule has 7 heteroatoms. The van der Waals surface area contributed by atoms with Crippen LogP contribution in [0, 0.1) is 5.82 Å². The van der Waals surface area contributed by atoms with Crippen LogP contribution in [0.5, 0.6) is 5.75 Å². The van der Waals surface area contributed by atoms with Crippen LogP contribution in [-0.2, 0) is 11.2 Å². The predicted octanol–water partition coefficient (Wildman–Crippen LogP) is 3.48. The number of benzene rings is 2. The molecular formula is C19H18FN3O3. The van der Waals surface area contributed by atoms with Gasteiger partial charge in [-0.15, -0.1) is 0 Å². The maximum atomic E-state index is 14.0. The van der Waals surface area contributed by atoms with Gasteiger partial charge in [-0.3, -0.25) is 4.79 Å². The van der Waals surface area contributed by atoms with E-state index in [0.717, 1.165) is 11.3 Å². The van der Waals surface area contributed by atoms with Crippen molar-refractivity contribution < 1.29 is 18.4 Å². The summed E-state index contributed by atoms with van der Waals surface area (Å²) in [7, 11) is 1.59. The highest BCUT2D eigenvalue weighted by molar-refractivity contribution is 5.94. The molecule has 1 aromatic heterocycles. The Bertz CT molecular complexity index is 893. The minimum Gasteiger partial charge on any atom is -0.497 e. The summed E-state index contributed by atoms with van der Waals surface area (Å²) in [5, 5.41) is 3.90. The first-order chi connectivity index (χ1) is 12.6. The number of ether oxygens (including phenoxy) is 1. The summed E-state index contributed by atoms with van der Waals surface area (Å²) in [6.07, 6.45) is -0.106. The zero-order valence-corrected chi connectivity index (χ0v) is 14.5. The number of methoxy groups -OCH3 is 1. The number of carbonyl (C=O) groups is 1.